The number of rotatable bonds is 7. The predicted molar refractivity (Wildman–Crippen MR) is 105 cm³/mol. The third-order valence-electron chi connectivity index (χ3n) is 4.09. The fraction of sp³-hybridized carbons (Fsp3) is 0.389. The van der Waals surface area contributed by atoms with E-state index in [1.807, 2.05) is 6.92 Å². The largest absolute Gasteiger partial charge is 0.405 e. The van der Waals surface area contributed by atoms with Gasteiger partial charge < -0.3 is 5.32 Å². The summed E-state index contributed by atoms with van der Waals surface area (Å²) in [4.78, 5) is 34.8. The number of hydrogen-bond donors (Lipinski definition) is 1. The summed E-state index contributed by atoms with van der Waals surface area (Å²) in [6, 6.07) is 5.26. The molecule has 1 aliphatic rings. The molecule has 0 radical (unpaired) electrons. The Labute approximate surface area is 174 Å². The van der Waals surface area contributed by atoms with E-state index in [9.17, 15) is 22.8 Å². The van der Waals surface area contributed by atoms with Gasteiger partial charge in [0.25, 0.3) is 0 Å². The number of nitrogens with one attached hydrogen (secondary N) is 1. The van der Waals surface area contributed by atoms with Gasteiger partial charge in [0, 0.05) is 19.2 Å². The summed E-state index contributed by atoms with van der Waals surface area (Å²) in [6.45, 7) is 1.26. The second-order valence-electron chi connectivity index (χ2n) is 6.40. The van der Waals surface area contributed by atoms with Gasteiger partial charge in [-0.2, -0.15) is 18.3 Å². The molecule has 0 spiro atoms. The van der Waals surface area contributed by atoms with Crippen LogP contribution < -0.4 is 5.32 Å². The standard InChI is InChI=1S/C18H19F3N6O2S/c1-2-26-9-13(8-24-26)25-17-27(10-12-5-3-4-6-22-12)16(29)14(30-17)7-15(28)23-11-18(19,20)21/h3-6,8-9,14H,2,7,10-11H2,1H3,(H,23,28). The molecule has 1 atom stereocenters. The lowest BCUT2D eigenvalue weighted by molar-refractivity contribution is -0.139. The highest BCUT2D eigenvalue weighted by atomic mass is 32.2. The summed E-state index contributed by atoms with van der Waals surface area (Å²) in [5.41, 5.74) is 1.14. The van der Waals surface area contributed by atoms with Crippen molar-refractivity contribution in [3.63, 3.8) is 0 Å². The van der Waals surface area contributed by atoms with Crippen LogP contribution in [0.4, 0.5) is 18.9 Å². The third kappa shape index (κ3) is 5.81. The number of carbonyl (C=O) groups excluding carboxylic acids is 2. The van der Waals surface area contributed by atoms with Gasteiger partial charge in [-0.05, 0) is 19.1 Å². The number of hydrogen-bond acceptors (Lipinski definition) is 6. The van der Waals surface area contributed by atoms with Crippen LogP contribution in [0, 0.1) is 0 Å². The molecule has 30 heavy (non-hydrogen) atoms. The molecule has 1 saturated heterocycles. The minimum atomic E-state index is -4.51. The van der Waals surface area contributed by atoms with E-state index in [0.29, 0.717) is 23.1 Å². The molecule has 0 bridgehead atoms. The molecular weight excluding hydrogens is 421 g/mol. The van der Waals surface area contributed by atoms with Gasteiger partial charge in [0.2, 0.25) is 11.8 Å². The molecule has 2 aromatic heterocycles. The summed E-state index contributed by atoms with van der Waals surface area (Å²) >= 11 is 1.04. The van der Waals surface area contributed by atoms with Crippen LogP contribution in [0.3, 0.4) is 0 Å². The van der Waals surface area contributed by atoms with Crippen molar-refractivity contribution in [2.75, 3.05) is 6.54 Å². The number of aliphatic imine (C=N–C) groups is 1. The Hall–Kier alpha value is -2.89. The Bertz CT molecular complexity index is 932. The zero-order valence-corrected chi connectivity index (χ0v) is 16.8. The van der Waals surface area contributed by atoms with Crippen LogP contribution in [0.25, 0.3) is 0 Å². The molecule has 1 aliphatic heterocycles. The fourth-order valence-electron chi connectivity index (χ4n) is 2.66. The van der Waals surface area contributed by atoms with Crippen molar-refractivity contribution in [3.05, 3.63) is 42.5 Å². The number of nitrogens with zero attached hydrogens (tertiary/aromatic N) is 5. The van der Waals surface area contributed by atoms with Gasteiger partial charge in [0.05, 0.1) is 24.6 Å². The van der Waals surface area contributed by atoms with Crippen LogP contribution in [-0.2, 0) is 22.7 Å². The molecule has 0 saturated carbocycles. The molecule has 1 fully saturated rings. The molecule has 2 aromatic rings. The maximum Gasteiger partial charge on any atom is 0.405 e. The van der Waals surface area contributed by atoms with E-state index in [0.717, 1.165) is 11.8 Å². The minimum Gasteiger partial charge on any atom is -0.347 e. The second-order valence-corrected chi connectivity index (χ2v) is 7.57. The van der Waals surface area contributed by atoms with Gasteiger partial charge in [-0.25, -0.2) is 4.99 Å². The van der Waals surface area contributed by atoms with Crippen molar-refractivity contribution in [3.8, 4) is 0 Å². The Kier molecular flexibility index (Phi) is 6.75. The van der Waals surface area contributed by atoms with E-state index < -0.39 is 29.8 Å². The monoisotopic (exact) mass is 440 g/mol. The molecule has 12 heteroatoms. The molecule has 8 nitrogen and oxygen atoms in total. The minimum absolute atomic E-state index is 0.133. The summed E-state index contributed by atoms with van der Waals surface area (Å²) in [7, 11) is 0. The number of aromatic nitrogens is 3. The molecular formula is C18H19F3N6O2S. The number of aryl methyl sites for hydroxylation is 1. The van der Waals surface area contributed by atoms with Crippen molar-refractivity contribution >= 4 is 34.4 Å². The number of amides is 2. The molecule has 0 aliphatic carbocycles. The number of alkyl halides is 3. The van der Waals surface area contributed by atoms with Crippen molar-refractivity contribution in [2.24, 2.45) is 4.99 Å². The van der Waals surface area contributed by atoms with Crippen molar-refractivity contribution in [1.82, 2.24) is 25.0 Å². The summed E-state index contributed by atoms with van der Waals surface area (Å²) < 4.78 is 38.6. The molecule has 1 N–H and O–H groups in total. The van der Waals surface area contributed by atoms with Crippen LogP contribution in [0.15, 0.2) is 41.8 Å². The van der Waals surface area contributed by atoms with E-state index in [1.54, 1.807) is 46.8 Å². The molecule has 0 aromatic carbocycles. The van der Waals surface area contributed by atoms with Crippen LogP contribution >= 0.6 is 11.8 Å². The SMILES string of the molecule is CCn1cc(N=C2SC(CC(=O)NCC(F)(F)F)C(=O)N2Cc2ccccn2)cn1. The van der Waals surface area contributed by atoms with Crippen LogP contribution in [0.5, 0.6) is 0 Å². The number of pyridine rings is 1. The van der Waals surface area contributed by atoms with E-state index in [-0.39, 0.29) is 13.0 Å². The number of carbonyl (C=O) groups is 2. The Morgan fingerprint density at radius 3 is 2.80 bits per heavy atom. The second kappa shape index (κ2) is 9.28. The molecule has 160 valence electrons. The number of thioether (sulfide) groups is 1. The Morgan fingerprint density at radius 1 is 1.37 bits per heavy atom. The molecule has 2 amide bonds. The lowest BCUT2D eigenvalue weighted by Crippen LogP contribution is -2.37. The highest BCUT2D eigenvalue weighted by Crippen LogP contribution is 2.32. The fourth-order valence-corrected chi connectivity index (χ4v) is 3.81. The van der Waals surface area contributed by atoms with E-state index >= 15 is 0 Å². The lowest BCUT2D eigenvalue weighted by atomic mass is 10.2. The van der Waals surface area contributed by atoms with Crippen molar-refractivity contribution in [1.29, 1.82) is 0 Å². The summed E-state index contributed by atoms with van der Waals surface area (Å²) in [5.74, 6) is -1.26. The molecule has 3 rings (SSSR count). The van der Waals surface area contributed by atoms with Crippen molar-refractivity contribution in [2.45, 2.75) is 37.9 Å². The first-order chi connectivity index (χ1) is 14.2. The number of amidine groups is 1. The van der Waals surface area contributed by atoms with Gasteiger partial charge >= 0.3 is 6.18 Å². The lowest BCUT2D eigenvalue weighted by Gasteiger charge is -2.15. The highest BCUT2D eigenvalue weighted by molar-refractivity contribution is 8.15. The first kappa shape index (κ1) is 21.8. The smallest absolute Gasteiger partial charge is 0.347 e. The van der Waals surface area contributed by atoms with E-state index in [4.69, 9.17) is 0 Å². The molecule has 3 heterocycles. The Balaban J connectivity index is 1.78. The average Bonchev–Trinajstić information content (AvgIpc) is 3.27. The average molecular weight is 440 g/mol. The quantitative estimate of drug-likeness (QED) is 0.714. The van der Waals surface area contributed by atoms with Gasteiger partial charge in [0.1, 0.15) is 17.5 Å². The summed E-state index contributed by atoms with van der Waals surface area (Å²) in [6.07, 6.45) is -0.0531. The Morgan fingerprint density at radius 2 is 2.17 bits per heavy atom. The van der Waals surface area contributed by atoms with Gasteiger partial charge in [0.15, 0.2) is 5.17 Å². The zero-order valence-electron chi connectivity index (χ0n) is 16.0. The first-order valence-electron chi connectivity index (χ1n) is 9.07. The predicted octanol–water partition coefficient (Wildman–Crippen LogP) is 2.50. The van der Waals surface area contributed by atoms with Gasteiger partial charge in [-0.3, -0.25) is 24.2 Å². The summed E-state index contributed by atoms with van der Waals surface area (Å²) in [5, 5.41) is 5.40. The highest BCUT2D eigenvalue weighted by Gasteiger charge is 2.40. The normalized spacial score (nSPS) is 18.3. The molecule has 1 unspecified atom stereocenters. The maximum absolute atomic E-state index is 12.9. The van der Waals surface area contributed by atoms with Crippen LogP contribution in [0.1, 0.15) is 19.0 Å². The van der Waals surface area contributed by atoms with Crippen molar-refractivity contribution < 1.29 is 22.8 Å². The van der Waals surface area contributed by atoms with Gasteiger partial charge in [-0.1, -0.05) is 17.8 Å². The van der Waals surface area contributed by atoms with Crippen LogP contribution in [-0.4, -0.2) is 54.6 Å². The van der Waals surface area contributed by atoms with E-state index in [1.165, 1.54) is 4.90 Å². The maximum atomic E-state index is 12.9. The zero-order chi connectivity index (χ0) is 21.7. The van der Waals surface area contributed by atoms with Crippen LogP contribution in [0.2, 0.25) is 0 Å². The third-order valence-corrected chi connectivity index (χ3v) is 5.27. The van der Waals surface area contributed by atoms with E-state index in [2.05, 4.69) is 15.1 Å². The first-order valence-corrected chi connectivity index (χ1v) is 9.95. The van der Waals surface area contributed by atoms with Gasteiger partial charge in [-0.15, -0.1) is 0 Å². The number of halogens is 3. The topological polar surface area (TPSA) is 92.5 Å².